The van der Waals surface area contributed by atoms with Gasteiger partial charge in [-0.25, -0.2) is 19.3 Å². The van der Waals surface area contributed by atoms with Crippen molar-refractivity contribution in [1.29, 1.82) is 0 Å². The first kappa shape index (κ1) is 17.9. The van der Waals surface area contributed by atoms with Gasteiger partial charge in [-0.1, -0.05) is 24.3 Å². The van der Waals surface area contributed by atoms with E-state index in [-0.39, 0.29) is 5.82 Å². The van der Waals surface area contributed by atoms with Crippen LogP contribution < -0.4 is 5.73 Å². The van der Waals surface area contributed by atoms with Gasteiger partial charge < -0.3 is 10.3 Å². The van der Waals surface area contributed by atoms with Crippen LogP contribution in [0.3, 0.4) is 0 Å². The van der Waals surface area contributed by atoms with Gasteiger partial charge in [0, 0.05) is 34.9 Å². The number of benzene rings is 1. The third-order valence-electron chi connectivity index (χ3n) is 6.12. The van der Waals surface area contributed by atoms with Gasteiger partial charge in [0.1, 0.15) is 23.3 Å². The summed E-state index contributed by atoms with van der Waals surface area (Å²) in [6.45, 7) is 0. The highest BCUT2D eigenvalue weighted by Gasteiger charge is 2.26. The Kier molecular flexibility index (Phi) is 3.96. The van der Waals surface area contributed by atoms with E-state index < -0.39 is 0 Å². The number of hydrogen-bond acceptors (Lipinski definition) is 5. The first-order valence-corrected chi connectivity index (χ1v) is 10.3. The van der Waals surface area contributed by atoms with Crippen molar-refractivity contribution < 1.29 is 4.39 Å². The molecule has 7 heteroatoms. The average Bonchev–Trinajstić information content (AvgIpc) is 3.13. The largest absolute Gasteiger partial charge is 0.383 e. The van der Waals surface area contributed by atoms with Crippen LogP contribution in [0.25, 0.3) is 44.5 Å². The van der Waals surface area contributed by atoms with Crippen LogP contribution in [-0.4, -0.2) is 24.5 Å². The Bertz CT molecular complexity index is 1440. The van der Waals surface area contributed by atoms with E-state index in [0.29, 0.717) is 45.3 Å². The van der Waals surface area contributed by atoms with Crippen molar-refractivity contribution in [2.45, 2.75) is 25.3 Å². The number of aromatic nitrogens is 5. The number of nitrogen functional groups attached to an aromatic ring is 1. The quantitative estimate of drug-likeness (QED) is 0.444. The van der Waals surface area contributed by atoms with Gasteiger partial charge in [-0.15, -0.1) is 0 Å². The van der Waals surface area contributed by atoms with Gasteiger partial charge in [0.05, 0.1) is 16.8 Å². The molecule has 1 fully saturated rings. The maximum Gasteiger partial charge on any atom is 0.157 e. The summed E-state index contributed by atoms with van der Waals surface area (Å²) >= 11 is 0. The van der Waals surface area contributed by atoms with Crippen LogP contribution in [0.15, 0.2) is 61.2 Å². The Morgan fingerprint density at radius 3 is 2.58 bits per heavy atom. The number of halogens is 1. The fourth-order valence-corrected chi connectivity index (χ4v) is 4.27. The summed E-state index contributed by atoms with van der Waals surface area (Å²) in [5, 5.41) is 1.42. The van der Waals surface area contributed by atoms with Crippen molar-refractivity contribution in [2.75, 3.05) is 5.73 Å². The molecule has 1 saturated carbocycles. The molecular formula is C24H19FN6. The van der Waals surface area contributed by atoms with E-state index in [1.807, 2.05) is 42.6 Å². The molecule has 0 unspecified atom stereocenters. The molecule has 0 amide bonds. The Morgan fingerprint density at radius 2 is 1.81 bits per heavy atom. The monoisotopic (exact) mass is 410 g/mol. The summed E-state index contributed by atoms with van der Waals surface area (Å²) in [7, 11) is 0. The normalized spacial score (nSPS) is 14.2. The lowest BCUT2D eigenvalue weighted by Gasteiger charge is -2.27. The third-order valence-corrected chi connectivity index (χ3v) is 6.12. The SMILES string of the molecule is Nc1ncnc2c1c(-c1ccc3ccc(-c4ccccn4)nc3c1F)cn2C1CCC1. The molecule has 0 atom stereocenters. The summed E-state index contributed by atoms with van der Waals surface area (Å²) in [5.74, 6) is -0.0287. The number of nitrogens with two attached hydrogens (primary N) is 1. The van der Waals surface area contributed by atoms with Gasteiger partial charge in [-0.05, 0) is 37.5 Å². The van der Waals surface area contributed by atoms with Crippen LogP contribution in [0, 0.1) is 5.82 Å². The number of anilines is 1. The molecule has 0 radical (unpaired) electrons. The van der Waals surface area contributed by atoms with Crippen molar-refractivity contribution in [3.8, 4) is 22.5 Å². The molecule has 0 bridgehead atoms. The Balaban J connectivity index is 1.58. The third kappa shape index (κ3) is 2.77. The van der Waals surface area contributed by atoms with Gasteiger partial charge in [0.2, 0.25) is 0 Å². The molecule has 1 aliphatic rings. The first-order valence-electron chi connectivity index (χ1n) is 10.3. The molecule has 0 aliphatic heterocycles. The van der Waals surface area contributed by atoms with Crippen molar-refractivity contribution in [3.63, 3.8) is 0 Å². The Labute approximate surface area is 177 Å². The second-order valence-electron chi connectivity index (χ2n) is 7.90. The molecule has 5 aromatic rings. The Hall–Kier alpha value is -3.87. The maximum absolute atomic E-state index is 15.8. The van der Waals surface area contributed by atoms with E-state index in [1.165, 1.54) is 12.7 Å². The van der Waals surface area contributed by atoms with Crippen molar-refractivity contribution in [3.05, 3.63) is 67.0 Å². The number of pyridine rings is 2. The van der Waals surface area contributed by atoms with Gasteiger partial charge in [0.15, 0.2) is 5.82 Å². The molecule has 2 N–H and O–H groups in total. The highest BCUT2D eigenvalue weighted by atomic mass is 19.1. The zero-order valence-electron chi connectivity index (χ0n) is 16.7. The summed E-state index contributed by atoms with van der Waals surface area (Å²) in [4.78, 5) is 17.6. The summed E-state index contributed by atoms with van der Waals surface area (Å²) in [6, 6.07) is 13.4. The van der Waals surface area contributed by atoms with Crippen molar-refractivity contribution in [2.24, 2.45) is 0 Å². The zero-order valence-corrected chi connectivity index (χ0v) is 16.7. The molecule has 0 saturated heterocycles. The molecule has 6 rings (SSSR count). The van der Waals surface area contributed by atoms with Crippen LogP contribution in [0.1, 0.15) is 25.3 Å². The first-order chi connectivity index (χ1) is 15.2. The number of nitrogens with zero attached hydrogens (tertiary/aromatic N) is 5. The van der Waals surface area contributed by atoms with Gasteiger partial charge in [-0.3, -0.25) is 4.98 Å². The predicted molar refractivity (Wildman–Crippen MR) is 119 cm³/mol. The van der Waals surface area contributed by atoms with Gasteiger partial charge >= 0.3 is 0 Å². The molecule has 152 valence electrons. The fraction of sp³-hybridized carbons (Fsp3) is 0.167. The molecule has 1 aromatic carbocycles. The lowest BCUT2D eigenvalue weighted by molar-refractivity contribution is 0.320. The van der Waals surface area contributed by atoms with E-state index in [1.54, 1.807) is 12.3 Å². The Morgan fingerprint density at radius 1 is 0.935 bits per heavy atom. The predicted octanol–water partition coefficient (Wildman–Crippen LogP) is 5.15. The molecular weight excluding hydrogens is 391 g/mol. The lowest BCUT2D eigenvalue weighted by Crippen LogP contribution is -2.16. The average molecular weight is 410 g/mol. The van der Waals surface area contributed by atoms with E-state index in [0.717, 1.165) is 23.9 Å². The second-order valence-corrected chi connectivity index (χ2v) is 7.90. The van der Waals surface area contributed by atoms with Crippen LogP contribution in [-0.2, 0) is 0 Å². The number of fused-ring (bicyclic) bond motifs is 2. The smallest absolute Gasteiger partial charge is 0.157 e. The van der Waals surface area contributed by atoms with Gasteiger partial charge in [0.25, 0.3) is 0 Å². The lowest BCUT2D eigenvalue weighted by atomic mass is 9.93. The molecule has 4 heterocycles. The standard InChI is InChI=1S/C24H19FN6/c25-21-16(9-7-14-8-10-19(30-22(14)21)18-6-1-2-11-27-18)17-12-31(15-4-3-5-15)24-20(17)23(26)28-13-29-24/h1-2,6-13,15H,3-5H2,(H2,26,28,29). The van der Waals surface area contributed by atoms with E-state index >= 15 is 4.39 Å². The maximum atomic E-state index is 15.8. The minimum absolute atomic E-state index is 0.306. The van der Waals surface area contributed by atoms with E-state index in [4.69, 9.17) is 5.73 Å². The van der Waals surface area contributed by atoms with E-state index in [9.17, 15) is 0 Å². The zero-order chi connectivity index (χ0) is 20.9. The molecule has 31 heavy (non-hydrogen) atoms. The van der Waals surface area contributed by atoms with Crippen LogP contribution in [0.4, 0.5) is 10.2 Å². The van der Waals surface area contributed by atoms with Crippen molar-refractivity contribution >= 4 is 27.8 Å². The van der Waals surface area contributed by atoms with Crippen molar-refractivity contribution in [1.82, 2.24) is 24.5 Å². The molecule has 6 nitrogen and oxygen atoms in total. The summed E-state index contributed by atoms with van der Waals surface area (Å²) in [6.07, 6.45) is 8.49. The molecule has 0 spiro atoms. The van der Waals surface area contributed by atoms with Gasteiger partial charge in [-0.2, -0.15) is 0 Å². The number of hydrogen-bond donors (Lipinski definition) is 1. The van der Waals surface area contributed by atoms with E-state index in [2.05, 4.69) is 24.5 Å². The summed E-state index contributed by atoms with van der Waals surface area (Å²) < 4.78 is 18.0. The number of rotatable bonds is 3. The highest BCUT2D eigenvalue weighted by molar-refractivity contribution is 6.02. The minimum Gasteiger partial charge on any atom is -0.383 e. The highest BCUT2D eigenvalue weighted by Crippen LogP contribution is 2.41. The van der Waals surface area contributed by atoms with Crippen LogP contribution >= 0.6 is 0 Å². The fourth-order valence-electron chi connectivity index (χ4n) is 4.27. The minimum atomic E-state index is -0.383. The molecule has 4 aromatic heterocycles. The summed E-state index contributed by atoms with van der Waals surface area (Å²) in [5.41, 5.74) is 9.75. The van der Waals surface area contributed by atoms with Crippen LogP contribution in [0.5, 0.6) is 0 Å². The van der Waals surface area contributed by atoms with Crippen LogP contribution in [0.2, 0.25) is 0 Å². The second kappa shape index (κ2) is 6.84. The topological polar surface area (TPSA) is 82.5 Å². The molecule has 1 aliphatic carbocycles.